The van der Waals surface area contributed by atoms with E-state index < -0.39 is 0 Å². The highest BCUT2D eigenvalue weighted by Gasteiger charge is 2.20. The van der Waals surface area contributed by atoms with Gasteiger partial charge in [-0.15, -0.1) is 0 Å². The van der Waals surface area contributed by atoms with Gasteiger partial charge in [-0.25, -0.2) is 5.90 Å². The molecule has 4 nitrogen and oxygen atoms in total. The molecular formula is C9H18N2O2. The Morgan fingerprint density at radius 3 is 3.15 bits per heavy atom. The summed E-state index contributed by atoms with van der Waals surface area (Å²) < 4.78 is 0. The standard InChI is InChI=1S/C9H18N2O2/c1-2-3-4-5-8-6-9(7-12-10)13-11-8/h9H,2-7,10H2,1H3. The van der Waals surface area contributed by atoms with Crippen LogP contribution in [0.4, 0.5) is 0 Å². The molecule has 0 aromatic rings. The lowest BCUT2D eigenvalue weighted by Crippen LogP contribution is -2.18. The maximum Gasteiger partial charge on any atom is 0.158 e. The van der Waals surface area contributed by atoms with Gasteiger partial charge in [-0.3, -0.25) is 0 Å². The van der Waals surface area contributed by atoms with E-state index in [0.29, 0.717) is 6.61 Å². The molecule has 0 fully saturated rings. The zero-order chi connectivity index (χ0) is 9.52. The zero-order valence-corrected chi connectivity index (χ0v) is 8.16. The van der Waals surface area contributed by atoms with Gasteiger partial charge >= 0.3 is 0 Å². The van der Waals surface area contributed by atoms with E-state index in [1.807, 2.05) is 0 Å². The van der Waals surface area contributed by atoms with Gasteiger partial charge in [0, 0.05) is 6.42 Å². The van der Waals surface area contributed by atoms with Crippen molar-refractivity contribution < 1.29 is 9.68 Å². The van der Waals surface area contributed by atoms with Crippen molar-refractivity contribution in [2.45, 2.75) is 45.1 Å². The smallest absolute Gasteiger partial charge is 0.158 e. The average Bonchev–Trinajstić information content (AvgIpc) is 2.54. The maximum absolute atomic E-state index is 5.12. The predicted octanol–water partition coefficient (Wildman–Crippen LogP) is 1.60. The van der Waals surface area contributed by atoms with E-state index in [-0.39, 0.29) is 6.10 Å². The molecule has 4 heteroatoms. The monoisotopic (exact) mass is 186 g/mol. The first-order valence-electron chi connectivity index (χ1n) is 4.90. The Bertz CT molecular complexity index is 171. The highest BCUT2D eigenvalue weighted by molar-refractivity contribution is 5.85. The molecule has 1 atom stereocenters. The van der Waals surface area contributed by atoms with Crippen LogP contribution in [0.1, 0.15) is 39.0 Å². The third kappa shape index (κ3) is 3.74. The van der Waals surface area contributed by atoms with Crippen LogP contribution >= 0.6 is 0 Å². The van der Waals surface area contributed by atoms with Crippen LogP contribution in [0.3, 0.4) is 0 Å². The third-order valence-corrected chi connectivity index (χ3v) is 2.15. The summed E-state index contributed by atoms with van der Waals surface area (Å²) >= 11 is 0. The van der Waals surface area contributed by atoms with E-state index in [1.165, 1.54) is 19.3 Å². The Balaban J connectivity index is 2.09. The Labute approximate surface area is 79.0 Å². The topological polar surface area (TPSA) is 56.8 Å². The predicted molar refractivity (Wildman–Crippen MR) is 51.2 cm³/mol. The SMILES string of the molecule is CCCCCC1=NOC(CON)C1. The zero-order valence-electron chi connectivity index (χ0n) is 8.16. The van der Waals surface area contributed by atoms with E-state index >= 15 is 0 Å². The maximum atomic E-state index is 5.12. The fourth-order valence-electron chi connectivity index (χ4n) is 1.41. The molecule has 0 amide bonds. The molecule has 0 aromatic heterocycles. The summed E-state index contributed by atoms with van der Waals surface area (Å²) in [6.45, 7) is 2.62. The van der Waals surface area contributed by atoms with Crippen LogP contribution in [-0.4, -0.2) is 18.4 Å². The number of oxime groups is 1. The van der Waals surface area contributed by atoms with Gasteiger partial charge < -0.3 is 9.68 Å². The molecule has 1 rings (SSSR count). The van der Waals surface area contributed by atoms with E-state index in [1.54, 1.807) is 0 Å². The minimum absolute atomic E-state index is 0.0432. The number of hydrogen-bond donors (Lipinski definition) is 1. The lowest BCUT2D eigenvalue weighted by Gasteiger charge is -2.04. The van der Waals surface area contributed by atoms with E-state index in [0.717, 1.165) is 18.6 Å². The summed E-state index contributed by atoms with van der Waals surface area (Å²) in [6, 6.07) is 0. The van der Waals surface area contributed by atoms with E-state index in [9.17, 15) is 0 Å². The molecule has 0 saturated heterocycles. The second-order valence-electron chi connectivity index (χ2n) is 3.38. The molecule has 0 aliphatic carbocycles. The molecule has 0 radical (unpaired) electrons. The number of nitrogens with two attached hydrogens (primary N) is 1. The lowest BCUT2D eigenvalue weighted by atomic mass is 10.1. The third-order valence-electron chi connectivity index (χ3n) is 2.15. The summed E-state index contributed by atoms with van der Waals surface area (Å²) in [4.78, 5) is 9.62. The number of rotatable bonds is 6. The molecule has 1 unspecified atom stereocenters. The van der Waals surface area contributed by atoms with Crippen LogP contribution in [0.15, 0.2) is 5.16 Å². The normalized spacial score (nSPS) is 21.4. The van der Waals surface area contributed by atoms with Gasteiger partial charge in [-0.1, -0.05) is 24.9 Å². The Morgan fingerprint density at radius 1 is 1.62 bits per heavy atom. The summed E-state index contributed by atoms with van der Waals surface area (Å²) in [7, 11) is 0. The number of hydrogen-bond acceptors (Lipinski definition) is 4. The molecule has 2 N–H and O–H groups in total. The molecule has 76 valence electrons. The molecular weight excluding hydrogens is 168 g/mol. The van der Waals surface area contributed by atoms with Gasteiger partial charge in [-0.2, -0.15) is 0 Å². The van der Waals surface area contributed by atoms with Crippen molar-refractivity contribution >= 4 is 5.71 Å². The van der Waals surface area contributed by atoms with Crippen LogP contribution in [0.2, 0.25) is 0 Å². The highest BCUT2D eigenvalue weighted by atomic mass is 16.7. The van der Waals surface area contributed by atoms with Crippen molar-refractivity contribution in [1.29, 1.82) is 0 Å². The van der Waals surface area contributed by atoms with Crippen LogP contribution in [-0.2, 0) is 9.68 Å². The first kappa shape index (κ1) is 10.5. The summed E-state index contributed by atoms with van der Waals surface area (Å²) in [5, 5.41) is 3.99. The van der Waals surface area contributed by atoms with Gasteiger partial charge in [0.15, 0.2) is 6.10 Å². The summed E-state index contributed by atoms with van der Waals surface area (Å²) in [6.07, 6.45) is 5.67. The Hall–Kier alpha value is -0.610. The second-order valence-corrected chi connectivity index (χ2v) is 3.38. The Morgan fingerprint density at radius 2 is 2.46 bits per heavy atom. The molecule has 1 aliphatic heterocycles. The molecule has 0 bridgehead atoms. The fourth-order valence-corrected chi connectivity index (χ4v) is 1.41. The van der Waals surface area contributed by atoms with Gasteiger partial charge in [-0.05, 0) is 12.8 Å². The van der Waals surface area contributed by atoms with Crippen LogP contribution in [0.25, 0.3) is 0 Å². The van der Waals surface area contributed by atoms with Crippen molar-refractivity contribution in [2.75, 3.05) is 6.61 Å². The molecule has 13 heavy (non-hydrogen) atoms. The minimum atomic E-state index is 0.0432. The fraction of sp³-hybridized carbons (Fsp3) is 0.889. The van der Waals surface area contributed by atoms with Crippen molar-refractivity contribution in [3.63, 3.8) is 0 Å². The van der Waals surface area contributed by atoms with Gasteiger partial charge in [0.25, 0.3) is 0 Å². The average molecular weight is 186 g/mol. The van der Waals surface area contributed by atoms with Crippen molar-refractivity contribution in [1.82, 2.24) is 0 Å². The highest BCUT2D eigenvalue weighted by Crippen LogP contribution is 2.14. The van der Waals surface area contributed by atoms with Gasteiger partial charge in [0.1, 0.15) is 6.61 Å². The van der Waals surface area contributed by atoms with Crippen molar-refractivity contribution in [2.24, 2.45) is 11.1 Å². The minimum Gasteiger partial charge on any atom is -0.390 e. The van der Waals surface area contributed by atoms with Gasteiger partial charge in [0.05, 0.1) is 5.71 Å². The first-order chi connectivity index (χ1) is 6.36. The molecule has 0 saturated carbocycles. The number of nitrogens with zero attached hydrogens (tertiary/aromatic N) is 1. The molecule has 1 aliphatic rings. The Kier molecular flexibility index (Phi) is 4.78. The quantitative estimate of drug-likeness (QED) is 0.506. The first-order valence-corrected chi connectivity index (χ1v) is 4.90. The van der Waals surface area contributed by atoms with E-state index in [2.05, 4.69) is 16.9 Å². The van der Waals surface area contributed by atoms with Crippen LogP contribution in [0, 0.1) is 0 Å². The summed E-state index contributed by atoms with van der Waals surface area (Å²) in [5.74, 6) is 4.94. The van der Waals surface area contributed by atoms with E-state index in [4.69, 9.17) is 10.7 Å². The van der Waals surface area contributed by atoms with Crippen molar-refractivity contribution in [3.05, 3.63) is 0 Å². The largest absolute Gasteiger partial charge is 0.390 e. The second kappa shape index (κ2) is 5.94. The van der Waals surface area contributed by atoms with Crippen LogP contribution in [0.5, 0.6) is 0 Å². The van der Waals surface area contributed by atoms with Gasteiger partial charge in [0.2, 0.25) is 0 Å². The molecule has 0 spiro atoms. The lowest BCUT2D eigenvalue weighted by molar-refractivity contribution is 0.00234. The number of unbranched alkanes of at least 4 members (excludes halogenated alkanes) is 2. The van der Waals surface area contributed by atoms with Crippen LogP contribution < -0.4 is 5.90 Å². The van der Waals surface area contributed by atoms with Crippen molar-refractivity contribution in [3.8, 4) is 0 Å². The molecule has 0 aromatic carbocycles. The molecule has 1 heterocycles. The summed E-state index contributed by atoms with van der Waals surface area (Å²) in [5.41, 5.74) is 1.15.